The lowest BCUT2D eigenvalue weighted by Gasteiger charge is -2.34. The van der Waals surface area contributed by atoms with Crippen molar-refractivity contribution < 1.29 is 28.5 Å². The maximum atomic E-state index is 12.8. The van der Waals surface area contributed by atoms with Crippen molar-refractivity contribution in [2.75, 3.05) is 40.4 Å². The largest absolute Gasteiger partial charge is 0.496 e. The van der Waals surface area contributed by atoms with Crippen LogP contribution in [0, 0.1) is 0 Å². The molecule has 0 spiro atoms. The number of likely N-dealkylation sites (N-methyl/N-ethyl adjacent to an activating group) is 1. The Morgan fingerprint density at radius 2 is 1.62 bits per heavy atom. The van der Waals surface area contributed by atoms with E-state index in [9.17, 15) is 4.79 Å². The standard InChI is InChI=1S/C32H32N2O6/c1-34(20-10-11-21-18(13-20)7-6-8-25(21)36-2)28-12-9-19(16-33-28)29-22-14-26(37-3)27(38-4)15-23(22)31(39-5)30-24(29)17-40-32(30)35/h6-9,12,14-16,20H,10-11,13,17H2,1-5H3/t20-/m0/s1. The average molecular weight is 541 g/mol. The average Bonchev–Trinajstić information content (AvgIpc) is 3.38. The first-order valence-electron chi connectivity index (χ1n) is 13.3. The van der Waals surface area contributed by atoms with Crippen LogP contribution in [0.15, 0.2) is 48.7 Å². The molecule has 0 bridgehead atoms. The van der Waals surface area contributed by atoms with Crippen molar-refractivity contribution in [1.29, 1.82) is 0 Å². The second-order valence-electron chi connectivity index (χ2n) is 10.1. The molecule has 1 aromatic heterocycles. The number of benzene rings is 3. The minimum absolute atomic E-state index is 0.163. The molecular weight excluding hydrogens is 508 g/mol. The second-order valence-corrected chi connectivity index (χ2v) is 10.1. The summed E-state index contributed by atoms with van der Waals surface area (Å²) >= 11 is 0. The number of fused-ring (bicyclic) bond motifs is 3. The van der Waals surface area contributed by atoms with E-state index >= 15 is 0 Å². The van der Waals surface area contributed by atoms with Gasteiger partial charge in [-0.15, -0.1) is 0 Å². The maximum Gasteiger partial charge on any atom is 0.342 e. The molecule has 206 valence electrons. The van der Waals surface area contributed by atoms with Gasteiger partial charge in [-0.2, -0.15) is 0 Å². The highest BCUT2D eigenvalue weighted by Crippen LogP contribution is 2.47. The third-order valence-electron chi connectivity index (χ3n) is 8.20. The fraction of sp³-hybridized carbons (Fsp3) is 0.312. The number of rotatable bonds is 7. The van der Waals surface area contributed by atoms with Gasteiger partial charge in [-0.25, -0.2) is 9.78 Å². The summed E-state index contributed by atoms with van der Waals surface area (Å²) in [5.41, 5.74) is 5.61. The van der Waals surface area contributed by atoms with Crippen molar-refractivity contribution in [3.8, 4) is 34.1 Å². The highest BCUT2D eigenvalue weighted by Gasteiger charge is 2.33. The molecule has 40 heavy (non-hydrogen) atoms. The van der Waals surface area contributed by atoms with Crippen LogP contribution >= 0.6 is 0 Å². The number of carbonyl (C=O) groups excluding carboxylic acids is 1. The predicted octanol–water partition coefficient (Wildman–Crippen LogP) is 5.60. The summed E-state index contributed by atoms with van der Waals surface area (Å²) in [6, 6.07) is 14.5. The highest BCUT2D eigenvalue weighted by molar-refractivity contribution is 6.12. The van der Waals surface area contributed by atoms with E-state index in [1.54, 1.807) is 28.4 Å². The molecule has 0 fully saturated rings. The topological polar surface area (TPSA) is 79.4 Å². The highest BCUT2D eigenvalue weighted by atomic mass is 16.5. The molecule has 8 nitrogen and oxygen atoms in total. The van der Waals surface area contributed by atoms with Crippen LogP contribution in [0.2, 0.25) is 0 Å². The van der Waals surface area contributed by atoms with E-state index in [0.29, 0.717) is 28.9 Å². The Labute approximate surface area is 233 Å². The summed E-state index contributed by atoms with van der Waals surface area (Å²) in [4.78, 5) is 19.9. The van der Waals surface area contributed by atoms with Gasteiger partial charge in [0.05, 0.1) is 28.4 Å². The van der Waals surface area contributed by atoms with Crippen LogP contribution in [0.4, 0.5) is 5.82 Å². The third kappa shape index (κ3) is 4.06. The van der Waals surface area contributed by atoms with Gasteiger partial charge in [-0.1, -0.05) is 12.1 Å². The van der Waals surface area contributed by atoms with Crippen molar-refractivity contribution in [2.24, 2.45) is 0 Å². The molecule has 0 radical (unpaired) electrons. The van der Waals surface area contributed by atoms with E-state index in [-0.39, 0.29) is 6.61 Å². The number of nitrogens with zero attached hydrogens (tertiary/aromatic N) is 2. The van der Waals surface area contributed by atoms with Crippen molar-refractivity contribution in [2.45, 2.75) is 31.9 Å². The normalized spacial score (nSPS) is 15.7. The number of esters is 1. The lowest BCUT2D eigenvalue weighted by atomic mass is 9.87. The summed E-state index contributed by atoms with van der Waals surface area (Å²) in [5.74, 6) is 3.06. The van der Waals surface area contributed by atoms with Gasteiger partial charge in [0.15, 0.2) is 11.5 Å². The van der Waals surface area contributed by atoms with E-state index in [0.717, 1.165) is 58.3 Å². The van der Waals surface area contributed by atoms with E-state index in [1.807, 2.05) is 30.5 Å². The molecule has 1 aliphatic carbocycles. The van der Waals surface area contributed by atoms with Crippen LogP contribution < -0.4 is 23.8 Å². The molecule has 0 N–H and O–H groups in total. The maximum absolute atomic E-state index is 12.8. The summed E-state index contributed by atoms with van der Waals surface area (Å²) in [6.07, 6.45) is 4.79. The number of carbonyl (C=O) groups is 1. The SMILES string of the molecule is COc1cc2c(OC)c3c(c(-c4ccc(N(C)[C@H]5CCc6c(cccc6OC)C5)nc4)c2cc1OC)COC3=O. The molecule has 0 saturated carbocycles. The minimum atomic E-state index is -0.400. The lowest BCUT2D eigenvalue weighted by Crippen LogP contribution is -2.37. The van der Waals surface area contributed by atoms with E-state index in [4.69, 9.17) is 28.7 Å². The van der Waals surface area contributed by atoms with Crippen LogP contribution in [0.5, 0.6) is 23.0 Å². The molecule has 4 aromatic rings. The van der Waals surface area contributed by atoms with E-state index in [1.165, 1.54) is 11.1 Å². The van der Waals surface area contributed by atoms with Crippen LogP contribution in [0.25, 0.3) is 21.9 Å². The van der Waals surface area contributed by atoms with Gasteiger partial charge in [0, 0.05) is 35.8 Å². The zero-order valence-electron chi connectivity index (χ0n) is 23.4. The van der Waals surface area contributed by atoms with Gasteiger partial charge >= 0.3 is 5.97 Å². The van der Waals surface area contributed by atoms with Crippen molar-refractivity contribution in [3.05, 3.63) is 70.9 Å². The third-order valence-corrected chi connectivity index (χ3v) is 8.20. The number of hydrogen-bond donors (Lipinski definition) is 0. The van der Waals surface area contributed by atoms with Crippen LogP contribution in [0.3, 0.4) is 0 Å². The number of anilines is 1. The summed E-state index contributed by atoms with van der Waals surface area (Å²) in [5, 5.41) is 1.61. The van der Waals surface area contributed by atoms with E-state index in [2.05, 4.69) is 30.1 Å². The number of hydrogen-bond acceptors (Lipinski definition) is 8. The minimum Gasteiger partial charge on any atom is -0.496 e. The molecule has 6 rings (SSSR count). The molecule has 0 saturated heterocycles. The Bertz CT molecular complexity index is 1620. The Balaban J connectivity index is 1.40. The number of methoxy groups -OCH3 is 4. The molecule has 8 heteroatoms. The molecule has 3 aromatic carbocycles. The van der Waals surface area contributed by atoms with Gasteiger partial charge in [0.25, 0.3) is 0 Å². The Kier molecular flexibility index (Phi) is 6.62. The Hall–Kier alpha value is -4.46. The first-order chi connectivity index (χ1) is 19.5. The van der Waals surface area contributed by atoms with Crippen molar-refractivity contribution in [1.82, 2.24) is 4.98 Å². The summed E-state index contributed by atoms with van der Waals surface area (Å²) < 4.78 is 28.0. The number of pyridine rings is 1. The molecule has 1 atom stereocenters. The van der Waals surface area contributed by atoms with Gasteiger partial charge in [0.2, 0.25) is 0 Å². The Morgan fingerprint density at radius 1 is 0.875 bits per heavy atom. The van der Waals surface area contributed by atoms with Gasteiger partial charge in [0.1, 0.15) is 29.5 Å². The fourth-order valence-corrected chi connectivity index (χ4v) is 6.15. The lowest BCUT2D eigenvalue weighted by molar-refractivity contribution is 0.0533. The number of cyclic esters (lactones) is 1. The monoisotopic (exact) mass is 540 g/mol. The molecule has 2 aliphatic rings. The molecule has 0 unspecified atom stereocenters. The first-order valence-corrected chi connectivity index (χ1v) is 13.3. The van der Waals surface area contributed by atoms with Gasteiger partial charge in [-0.3, -0.25) is 0 Å². The van der Waals surface area contributed by atoms with Gasteiger partial charge < -0.3 is 28.6 Å². The zero-order chi connectivity index (χ0) is 28.0. The second kappa shape index (κ2) is 10.3. The molecular formula is C32H32N2O6. The first kappa shape index (κ1) is 25.8. The predicted molar refractivity (Wildman–Crippen MR) is 153 cm³/mol. The van der Waals surface area contributed by atoms with Crippen LogP contribution in [0.1, 0.15) is 33.5 Å². The molecule has 1 aliphatic heterocycles. The zero-order valence-corrected chi connectivity index (χ0v) is 23.4. The van der Waals surface area contributed by atoms with E-state index < -0.39 is 5.97 Å². The quantitative estimate of drug-likeness (QED) is 0.280. The molecule has 0 amide bonds. The van der Waals surface area contributed by atoms with Crippen LogP contribution in [-0.2, 0) is 24.2 Å². The molecule has 2 heterocycles. The summed E-state index contributed by atoms with van der Waals surface area (Å²) in [7, 11) is 8.58. The summed E-state index contributed by atoms with van der Waals surface area (Å²) in [6.45, 7) is 0.163. The fourth-order valence-electron chi connectivity index (χ4n) is 6.15. The Morgan fingerprint density at radius 3 is 2.30 bits per heavy atom. The van der Waals surface area contributed by atoms with Crippen molar-refractivity contribution in [3.63, 3.8) is 0 Å². The van der Waals surface area contributed by atoms with Gasteiger partial charge in [-0.05, 0) is 71.7 Å². The smallest absolute Gasteiger partial charge is 0.342 e. The van der Waals surface area contributed by atoms with Crippen molar-refractivity contribution >= 4 is 22.6 Å². The number of aromatic nitrogens is 1. The van der Waals surface area contributed by atoms with Crippen LogP contribution in [-0.4, -0.2) is 52.5 Å². The number of ether oxygens (including phenoxy) is 5.